The molecular formula is C20H19F6N3O3S. The molecule has 2 amide bonds. The van der Waals surface area contributed by atoms with E-state index in [4.69, 9.17) is 0 Å². The summed E-state index contributed by atoms with van der Waals surface area (Å²) in [6, 6.07) is 7.07. The Morgan fingerprint density at radius 1 is 0.848 bits per heavy atom. The van der Waals surface area contributed by atoms with Crippen LogP contribution in [-0.4, -0.2) is 49.8 Å². The predicted octanol–water partition coefficient (Wildman–Crippen LogP) is 3.94. The van der Waals surface area contributed by atoms with E-state index < -0.39 is 39.5 Å². The van der Waals surface area contributed by atoms with Gasteiger partial charge in [0.05, 0.1) is 16.0 Å². The number of carbonyl (C=O) groups excluding carboxylic acids is 1. The molecule has 1 fully saturated rings. The number of nitrogens with one attached hydrogen (secondary N) is 1. The van der Waals surface area contributed by atoms with Crippen LogP contribution in [0.4, 0.5) is 31.1 Å². The summed E-state index contributed by atoms with van der Waals surface area (Å²) in [5, 5.41) is 2.50. The lowest BCUT2D eigenvalue weighted by Gasteiger charge is -2.34. The van der Waals surface area contributed by atoms with E-state index in [0.717, 1.165) is 28.6 Å². The highest BCUT2D eigenvalue weighted by Gasteiger charge is 2.33. The number of amides is 2. The normalized spacial score (nSPS) is 16.0. The number of hydrogen-bond acceptors (Lipinski definition) is 3. The molecule has 1 aliphatic heterocycles. The number of carbonyl (C=O) groups is 1. The van der Waals surface area contributed by atoms with Crippen LogP contribution in [0.15, 0.2) is 53.4 Å². The van der Waals surface area contributed by atoms with Crippen molar-refractivity contribution in [3.63, 3.8) is 0 Å². The van der Waals surface area contributed by atoms with E-state index in [1.807, 2.05) is 0 Å². The van der Waals surface area contributed by atoms with Crippen molar-refractivity contribution in [2.45, 2.75) is 23.8 Å². The molecule has 0 spiro atoms. The zero-order valence-electron chi connectivity index (χ0n) is 16.9. The maximum absolute atomic E-state index is 12.8. The first-order chi connectivity index (χ1) is 15.3. The van der Waals surface area contributed by atoms with Gasteiger partial charge in [0.25, 0.3) is 0 Å². The summed E-state index contributed by atoms with van der Waals surface area (Å²) in [6.07, 6.45) is -9.09. The van der Waals surface area contributed by atoms with Gasteiger partial charge in [0.1, 0.15) is 0 Å². The zero-order valence-corrected chi connectivity index (χ0v) is 17.8. The molecule has 0 atom stereocenters. The van der Waals surface area contributed by atoms with Crippen LogP contribution >= 0.6 is 0 Å². The summed E-state index contributed by atoms with van der Waals surface area (Å²) in [5.41, 5.74) is -1.55. The van der Waals surface area contributed by atoms with E-state index >= 15 is 0 Å². The minimum Gasteiger partial charge on any atom is -0.334 e. The number of urea groups is 1. The van der Waals surface area contributed by atoms with Crippen molar-refractivity contribution in [3.8, 4) is 0 Å². The smallest absolute Gasteiger partial charge is 0.334 e. The van der Waals surface area contributed by atoms with E-state index in [1.165, 1.54) is 17.0 Å². The first-order valence-electron chi connectivity index (χ1n) is 9.65. The van der Waals surface area contributed by atoms with Crippen molar-refractivity contribution in [1.82, 2.24) is 14.5 Å². The van der Waals surface area contributed by atoms with Crippen LogP contribution in [-0.2, 0) is 28.9 Å². The minimum absolute atomic E-state index is 0.00822. The van der Waals surface area contributed by atoms with Crippen LogP contribution in [0, 0.1) is 0 Å². The molecule has 1 heterocycles. The Labute approximate surface area is 185 Å². The molecule has 0 radical (unpaired) electrons. The Hall–Kier alpha value is -2.80. The van der Waals surface area contributed by atoms with Crippen molar-refractivity contribution in [1.29, 1.82) is 0 Å². The van der Waals surface area contributed by atoms with E-state index in [2.05, 4.69) is 5.32 Å². The van der Waals surface area contributed by atoms with Crippen molar-refractivity contribution >= 4 is 16.1 Å². The maximum atomic E-state index is 12.8. The van der Waals surface area contributed by atoms with Gasteiger partial charge >= 0.3 is 18.4 Å². The highest BCUT2D eigenvalue weighted by Crippen LogP contribution is 2.31. The van der Waals surface area contributed by atoms with Crippen LogP contribution in [0.1, 0.15) is 16.7 Å². The number of benzene rings is 2. The zero-order chi connectivity index (χ0) is 24.4. The van der Waals surface area contributed by atoms with E-state index in [-0.39, 0.29) is 43.2 Å². The molecule has 0 aromatic heterocycles. The monoisotopic (exact) mass is 495 g/mol. The van der Waals surface area contributed by atoms with Gasteiger partial charge in [0.2, 0.25) is 10.0 Å². The largest absolute Gasteiger partial charge is 0.416 e. The maximum Gasteiger partial charge on any atom is 0.416 e. The van der Waals surface area contributed by atoms with Crippen LogP contribution in [0.25, 0.3) is 0 Å². The molecular weight excluding hydrogens is 476 g/mol. The summed E-state index contributed by atoms with van der Waals surface area (Å²) in [6.45, 7) is -0.296. The van der Waals surface area contributed by atoms with E-state index in [1.54, 1.807) is 0 Å². The quantitative estimate of drug-likeness (QED) is 0.654. The molecule has 1 aliphatic rings. The van der Waals surface area contributed by atoms with Crippen LogP contribution in [0.3, 0.4) is 0 Å². The number of halogens is 6. The SMILES string of the molecule is O=C(NCc1cccc(C(F)(F)F)c1)N1CCN(S(=O)(=O)c2ccc(C(F)(F)F)cc2)CC1. The van der Waals surface area contributed by atoms with Gasteiger partial charge in [-0.05, 0) is 42.0 Å². The Balaban J connectivity index is 1.56. The third-order valence-electron chi connectivity index (χ3n) is 5.04. The van der Waals surface area contributed by atoms with Gasteiger partial charge in [0, 0.05) is 32.7 Å². The van der Waals surface area contributed by atoms with Crippen molar-refractivity contribution in [3.05, 3.63) is 65.2 Å². The lowest BCUT2D eigenvalue weighted by molar-refractivity contribution is -0.138. The Morgan fingerprint density at radius 2 is 1.42 bits per heavy atom. The van der Waals surface area contributed by atoms with Crippen molar-refractivity contribution < 1.29 is 39.6 Å². The highest BCUT2D eigenvalue weighted by molar-refractivity contribution is 7.89. The molecule has 13 heteroatoms. The van der Waals surface area contributed by atoms with Crippen molar-refractivity contribution in [2.75, 3.05) is 26.2 Å². The summed E-state index contributed by atoms with van der Waals surface area (Å²) in [5.74, 6) is 0. The fourth-order valence-electron chi connectivity index (χ4n) is 3.24. The average Bonchev–Trinajstić information content (AvgIpc) is 2.76. The van der Waals surface area contributed by atoms with Gasteiger partial charge in [-0.2, -0.15) is 30.6 Å². The summed E-state index contributed by atoms with van der Waals surface area (Å²) < 4.78 is 103. The molecule has 0 unspecified atom stereocenters. The van der Waals surface area contributed by atoms with Gasteiger partial charge in [-0.1, -0.05) is 12.1 Å². The molecule has 6 nitrogen and oxygen atoms in total. The molecule has 2 aromatic rings. The molecule has 3 rings (SSSR count). The van der Waals surface area contributed by atoms with Gasteiger partial charge in [-0.3, -0.25) is 0 Å². The molecule has 0 aliphatic carbocycles. The molecule has 33 heavy (non-hydrogen) atoms. The first-order valence-corrected chi connectivity index (χ1v) is 11.1. The van der Waals surface area contributed by atoms with Crippen LogP contribution in [0.5, 0.6) is 0 Å². The fourth-order valence-corrected chi connectivity index (χ4v) is 4.67. The third kappa shape index (κ3) is 5.96. The second kappa shape index (κ2) is 9.21. The number of nitrogens with zero attached hydrogens (tertiary/aromatic N) is 2. The Kier molecular flexibility index (Phi) is 6.93. The lowest BCUT2D eigenvalue weighted by Crippen LogP contribution is -2.52. The third-order valence-corrected chi connectivity index (χ3v) is 6.96. The number of hydrogen-bond donors (Lipinski definition) is 1. The van der Waals surface area contributed by atoms with Gasteiger partial charge in [0.15, 0.2) is 0 Å². The number of sulfonamides is 1. The summed E-state index contributed by atoms with van der Waals surface area (Å²) >= 11 is 0. The highest BCUT2D eigenvalue weighted by atomic mass is 32.2. The topological polar surface area (TPSA) is 69.7 Å². The minimum atomic E-state index is -4.59. The second-order valence-electron chi connectivity index (χ2n) is 7.27. The average molecular weight is 495 g/mol. The number of alkyl halides is 6. The van der Waals surface area contributed by atoms with Crippen molar-refractivity contribution in [2.24, 2.45) is 0 Å². The van der Waals surface area contributed by atoms with Gasteiger partial charge in [-0.15, -0.1) is 0 Å². The van der Waals surface area contributed by atoms with Gasteiger partial charge in [-0.25, -0.2) is 13.2 Å². The number of rotatable bonds is 4. The lowest BCUT2D eigenvalue weighted by atomic mass is 10.1. The Morgan fingerprint density at radius 3 is 1.97 bits per heavy atom. The first kappa shape index (κ1) is 24.8. The molecule has 0 bridgehead atoms. The molecule has 2 aromatic carbocycles. The molecule has 0 saturated carbocycles. The van der Waals surface area contributed by atoms with E-state index in [0.29, 0.717) is 12.1 Å². The second-order valence-corrected chi connectivity index (χ2v) is 9.21. The number of piperazine rings is 1. The van der Waals surface area contributed by atoms with Crippen LogP contribution in [0.2, 0.25) is 0 Å². The predicted molar refractivity (Wildman–Crippen MR) is 105 cm³/mol. The molecule has 1 N–H and O–H groups in total. The molecule has 1 saturated heterocycles. The summed E-state index contributed by atoms with van der Waals surface area (Å²) in [7, 11) is -4.05. The van der Waals surface area contributed by atoms with E-state index in [9.17, 15) is 39.6 Å². The van der Waals surface area contributed by atoms with Crippen LogP contribution < -0.4 is 5.32 Å². The molecule has 180 valence electrons. The fraction of sp³-hybridized carbons (Fsp3) is 0.350. The summed E-state index contributed by atoms with van der Waals surface area (Å²) in [4.78, 5) is 13.3. The standard InChI is InChI=1S/C20H19F6N3O3S/c21-19(22,23)15-4-6-17(7-5-15)33(31,32)29-10-8-28(9-11-29)18(30)27-13-14-2-1-3-16(12-14)20(24,25)26/h1-7,12H,8-11,13H2,(H,27,30). The Bertz CT molecular complexity index is 1090. The van der Waals surface area contributed by atoms with Gasteiger partial charge < -0.3 is 10.2 Å².